The average molecular weight is 291 g/mol. The van der Waals surface area contributed by atoms with Crippen LogP contribution in [-0.4, -0.2) is 42.6 Å². The van der Waals surface area contributed by atoms with Crippen LogP contribution < -0.4 is 10.6 Å². The highest BCUT2D eigenvalue weighted by Crippen LogP contribution is 2.18. The van der Waals surface area contributed by atoms with Crippen LogP contribution in [0.4, 0.5) is 0 Å². The molecule has 1 fully saturated rings. The van der Waals surface area contributed by atoms with Crippen LogP contribution in [0.15, 0.2) is 24.5 Å². The third kappa shape index (κ3) is 4.82. The van der Waals surface area contributed by atoms with E-state index in [-0.39, 0.29) is 30.3 Å². The summed E-state index contributed by atoms with van der Waals surface area (Å²) in [6, 6.07) is 3.93. The van der Waals surface area contributed by atoms with Crippen molar-refractivity contribution in [2.45, 2.75) is 25.8 Å². The fourth-order valence-corrected chi connectivity index (χ4v) is 2.34. The third-order valence-corrected chi connectivity index (χ3v) is 3.56. The van der Waals surface area contributed by atoms with Gasteiger partial charge in [0.25, 0.3) is 0 Å². The van der Waals surface area contributed by atoms with Gasteiger partial charge < -0.3 is 15.4 Å². The molecule has 0 radical (unpaired) electrons. The van der Waals surface area contributed by atoms with Crippen LogP contribution in [0.2, 0.25) is 0 Å². The first-order chi connectivity index (χ1) is 10.2. The van der Waals surface area contributed by atoms with Crippen LogP contribution in [0.1, 0.15) is 18.9 Å². The Morgan fingerprint density at radius 2 is 2.05 bits per heavy atom. The Morgan fingerprint density at radius 1 is 1.29 bits per heavy atom. The van der Waals surface area contributed by atoms with Gasteiger partial charge >= 0.3 is 0 Å². The monoisotopic (exact) mass is 291 g/mol. The molecule has 0 aliphatic carbocycles. The molecule has 2 rings (SSSR count). The Morgan fingerprint density at radius 3 is 2.76 bits per heavy atom. The van der Waals surface area contributed by atoms with Crippen molar-refractivity contribution in [2.24, 2.45) is 5.92 Å². The molecule has 0 aromatic carbocycles. The lowest BCUT2D eigenvalue weighted by atomic mass is 9.95. The number of ether oxygens (including phenoxy) is 1. The van der Waals surface area contributed by atoms with Crippen LogP contribution in [0.25, 0.3) is 0 Å². The zero-order valence-electron chi connectivity index (χ0n) is 12.2. The molecule has 2 atom stereocenters. The van der Waals surface area contributed by atoms with Gasteiger partial charge in [0.05, 0.1) is 25.8 Å². The Labute approximate surface area is 124 Å². The highest BCUT2D eigenvalue weighted by molar-refractivity contribution is 5.84. The van der Waals surface area contributed by atoms with Crippen molar-refractivity contribution in [1.29, 1.82) is 0 Å². The molecule has 1 aliphatic rings. The summed E-state index contributed by atoms with van der Waals surface area (Å²) in [5.74, 6) is -0.0496. The first kappa shape index (κ1) is 15.4. The van der Waals surface area contributed by atoms with Gasteiger partial charge in [0.15, 0.2) is 0 Å². The van der Waals surface area contributed by atoms with Gasteiger partial charge in [-0.15, -0.1) is 0 Å². The number of carbonyl (C=O) groups is 2. The van der Waals surface area contributed by atoms with E-state index in [0.29, 0.717) is 19.6 Å². The highest BCUT2D eigenvalue weighted by atomic mass is 16.5. The maximum absolute atomic E-state index is 11.8. The van der Waals surface area contributed by atoms with Crippen LogP contribution >= 0.6 is 0 Å². The topological polar surface area (TPSA) is 80.3 Å². The summed E-state index contributed by atoms with van der Waals surface area (Å²) in [5, 5.41) is 5.50. The van der Waals surface area contributed by atoms with Crippen molar-refractivity contribution in [3.8, 4) is 0 Å². The van der Waals surface area contributed by atoms with E-state index in [0.717, 1.165) is 6.42 Å². The Balaban J connectivity index is 1.81. The molecule has 0 spiro atoms. The lowest BCUT2D eigenvalue weighted by molar-refractivity contribution is -0.126. The van der Waals surface area contributed by atoms with Gasteiger partial charge in [-0.05, 0) is 24.1 Å². The van der Waals surface area contributed by atoms with Gasteiger partial charge in [0.2, 0.25) is 11.8 Å². The van der Waals surface area contributed by atoms with Gasteiger partial charge in [-0.3, -0.25) is 14.6 Å². The second-order valence-electron chi connectivity index (χ2n) is 5.16. The molecule has 114 valence electrons. The molecule has 0 saturated carbocycles. The predicted molar refractivity (Wildman–Crippen MR) is 77.5 cm³/mol. The lowest BCUT2D eigenvalue weighted by Gasteiger charge is -2.19. The standard InChI is InChI=1S/C15H21N3O3/c1-2-14(19)17-8-15(20)18-13-10-21-9-12(13)7-11-3-5-16-6-4-11/h3-6,12-13H,2,7-10H2,1H3,(H,17,19)(H,18,20)/t12-,13+/m1/s1. The summed E-state index contributed by atoms with van der Waals surface area (Å²) in [6.07, 6.45) is 4.75. The van der Waals surface area contributed by atoms with Gasteiger partial charge in [0.1, 0.15) is 0 Å². The molecular formula is C15H21N3O3. The van der Waals surface area contributed by atoms with Gasteiger partial charge in [-0.2, -0.15) is 0 Å². The largest absolute Gasteiger partial charge is 0.379 e. The number of hydrogen-bond acceptors (Lipinski definition) is 4. The number of pyridine rings is 1. The summed E-state index contributed by atoms with van der Waals surface area (Å²) in [4.78, 5) is 27.0. The number of nitrogens with zero attached hydrogens (tertiary/aromatic N) is 1. The maximum Gasteiger partial charge on any atom is 0.239 e. The number of rotatable bonds is 6. The zero-order valence-corrected chi connectivity index (χ0v) is 12.2. The molecule has 1 saturated heterocycles. The van der Waals surface area contributed by atoms with Crippen molar-refractivity contribution in [1.82, 2.24) is 15.6 Å². The molecule has 2 amide bonds. The predicted octanol–water partition coefficient (Wildman–Crippen LogP) is 0.282. The second-order valence-corrected chi connectivity index (χ2v) is 5.16. The minimum Gasteiger partial charge on any atom is -0.379 e. The molecule has 2 N–H and O–H groups in total. The van der Waals surface area contributed by atoms with E-state index in [2.05, 4.69) is 15.6 Å². The van der Waals surface area contributed by atoms with Crippen molar-refractivity contribution in [3.05, 3.63) is 30.1 Å². The van der Waals surface area contributed by atoms with Crippen molar-refractivity contribution in [2.75, 3.05) is 19.8 Å². The van der Waals surface area contributed by atoms with Crippen LogP contribution in [0, 0.1) is 5.92 Å². The van der Waals surface area contributed by atoms with E-state index in [9.17, 15) is 9.59 Å². The smallest absolute Gasteiger partial charge is 0.239 e. The molecular weight excluding hydrogens is 270 g/mol. The van der Waals surface area contributed by atoms with E-state index >= 15 is 0 Å². The molecule has 6 heteroatoms. The Hall–Kier alpha value is -1.95. The quantitative estimate of drug-likeness (QED) is 0.789. The molecule has 0 unspecified atom stereocenters. The minimum absolute atomic E-state index is 0.0100. The van der Waals surface area contributed by atoms with Gasteiger partial charge in [-0.25, -0.2) is 0 Å². The molecule has 21 heavy (non-hydrogen) atoms. The molecule has 0 bridgehead atoms. The van der Waals surface area contributed by atoms with Gasteiger partial charge in [0, 0.05) is 24.7 Å². The van der Waals surface area contributed by atoms with Crippen molar-refractivity contribution >= 4 is 11.8 Å². The summed E-state index contributed by atoms with van der Waals surface area (Å²) in [7, 11) is 0. The molecule has 6 nitrogen and oxygen atoms in total. The number of amides is 2. The van der Waals surface area contributed by atoms with E-state index in [1.54, 1.807) is 19.3 Å². The summed E-state index contributed by atoms with van der Waals surface area (Å²) >= 11 is 0. The summed E-state index contributed by atoms with van der Waals surface area (Å²) < 4.78 is 5.47. The van der Waals surface area contributed by atoms with Crippen LogP contribution in [-0.2, 0) is 20.7 Å². The van der Waals surface area contributed by atoms with E-state index < -0.39 is 0 Å². The summed E-state index contributed by atoms with van der Waals surface area (Å²) in [6.45, 7) is 2.92. The van der Waals surface area contributed by atoms with Gasteiger partial charge in [-0.1, -0.05) is 6.92 Å². The highest BCUT2D eigenvalue weighted by Gasteiger charge is 2.29. The fraction of sp³-hybridized carbons (Fsp3) is 0.533. The number of carbonyl (C=O) groups excluding carboxylic acids is 2. The third-order valence-electron chi connectivity index (χ3n) is 3.56. The Bertz CT molecular complexity index is 478. The van der Waals surface area contributed by atoms with Crippen molar-refractivity contribution in [3.63, 3.8) is 0 Å². The minimum atomic E-state index is -0.174. The lowest BCUT2D eigenvalue weighted by Crippen LogP contribution is -2.45. The van der Waals surface area contributed by atoms with Crippen LogP contribution in [0.3, 0.4) is 0 Å². The second kappa shape index (κ2) is 7.73. The first-order valence-electron chi connectivity index (χ1n) is 7.21. The zero-order chi connectivity index (χ0) is 15.1. The SMILES string of the molecule is CCC(=O)NCC(=O)N[C@H]1COC[C@H]1Cc1ccncc1. The maximum atomic E-state index is 11.8. The van der Waals surface area contributed by atoms with E-state index in [4.69, 9.17) is 4.74 Å². The Kier molecular flexibility index (Phi) is 5.68. The fourth-order valence-electron chi connectivity index (χ4n) is 2.34. The summed E-state index contributed by atoms with van der Waals surface area (Å²) in [5.41, 5.74) is 1.18. The van der Waals surface area contributed by atoms with Crippen molar-refractivity contribution < 1.29 is 14.3 Å². The molecule has 2 heterocycles. The number of hydrogen-bond donors (Lipinski definition) is 2. The van der Waals surface area contributed by atoms with Crippen LogP contribution in [0.5, 0.6) is 0 Å². The molecule has 1 aliphatic heterocycles. The van der Waals surface area contributed by atoms with E-state index in [1.165, 1.54) is 5.56 Å². The number of aromatic nitrogens is 1. The molecule has 1 aromatic heterocycles. The number of nitrogens with one attached hydrogen (secondary N) is 2. The normalized spacial score (nSPS) is 21.0. The first-order valence-corrected chi connectivity index (χ1v) is 7.21. The van der Waals surface area contributed by atoms with E-state index in [1.807, 2.05) is 12.1 Å². The average Bonchev–Trinajstić information content (AvgIpc) is 2.93. The molecule has 1 aromatic rings.